The first-order chi connectivity index (χ1) is 19.6. The number of methoxy groups -OCH3 is 2. The maximum atomic E-state index is 13.0. The number of carbonyl (C=O) groups is 3. The average Bonchev–Trinajstić information content (AvgIpc) is 3.52. The third-order valence-electron chi connectivity index (χ3n) is 5.84. The first-order valence-electron chi connectivity index (χ1n) is 12.1. The van der Waals surface area contributed by atoms with Crippen molar-refractivity contribution in [3.8, 4) is 11.5 Å². The molecule has 0 atom stereocenters. The van der Waals surface area contributed by atoms with Gasteiger partial charge in [-0.3, -0.25) is 9.59 Å². The molecule has 41 heavy (non-hydrogen) atoms. The highest BCUT2D eigenvalue weighted by molar-refractivity contribution is 7.89. The Bertz CT molecular complexity index is 1540. The van der Waals surface area contributed by atoms with E-state index in [4.69, 9.17) is 30.5 Å². The van der Waals surface area contributed by atoms with E-state index in [1.807, 2.05) is 0 Å². The van der Waals surface area contributed by atoms with Gasteiger partial charge in [-0.25, -0.2) is 13.2 Å². The van der Waals surface area contributed by atoms with Gasteiger partial charge in [0.05, 0.1) is 48.6 Å². The zero-order valence-corrected chi connectivity index (χ0v) is 24.4. The van der Waals surface area contributed by atoms with Crippen LogP contribution in [0.2, 0.25) is 5.02 Å². The molecule has 15 heteroatoms. The standard InChI is InChI=1S/C26H26ClN3O9S2/c1-36-20-13-16(12-19(24(20)37-2)29-25(32)21-4-3-11-40-21)26(33)39-15-23(31)28-17-5-6-18(27)22(14-17)41(34,35)30-7-9-38-10-8-30/h3-6,11-14H,7-10,15H2,1-2H3,(H,28,31)(H,29,32). The van der Waals surface area contributed by atoms with Crippen molar-refractivity contribution in [3.63, 3.8) is 0 Å². The summed E-state index contributed by atoms with van der Waals surface area (Å²) in [5, 5.41) is 6.93. The molecule has 1 fully saturated rings. The van der Waals surface area contributed by atoms with Gasteiger partial charge in [0.25, 0.3) is 11.8 Å². The molecule has 0 aliphatic carbocycles. The third kappa shape index (κ3) is 7.15. The molecule has 2 aromatic carbocycles. The van der Waals surface area contributed by atoms with Gasteiger partial charge in [-0.2, -0.15) is 4.31 Å². The van der Waals surface area contributed by atoms with Crippen LogP contribution in [0.3, 0.4) is 0 Å². The van der Waals surface area contributed by atoms with Crippen LogP contribution >= 0.6 is 22.9 Å². The molecule has 2 N–H and O–H groups in total. The van der Waals surface area contributed by atoms with Gasteiger partial charge in [-0.05, 0) is 41.8 Å². The summed E-state index contributed by atoms with van der Waals surface area (Å²) in [6, 6.07) is 10.1. The van der Waals surface area contributed by atoms with Crippen molar-refractivity contribution in [2.75, 3.05) is 57.8 Å². The molecule has 1 aliphatic rings. The largest absolute Gasteiger partial charge is 0.493 e. The van der Waals surface area contributed by atoms with Crippen molar-refractivity contribution in [1.82, 2.24) is 4.31 Å². The Kier molecular flexibility index (Phi) is 9.83. The van der Waals surface area contributed by atoms with E-state index >= 15 is 0 Å². The van der Waals surface area contributed by atoms with E-state index < -0.39 is 34.4 Å². The number of carbonyl (C=O) groups excluding carboxylic acids is 3. The van der Waals surface area contributed by atoms with Crippen LogP contribution in [0.4, 0.5) is 11.4 Å². The van der Waals surface area contributed by atoms with Gasteiger partial charge in [0.2, 0.25) is 10.0 Å². The minimum Gasteiger partial charge on any atom is -0.493 e. The lowest BCUT2D eigenvalue weighted by Gasteiger charge is -2.26. The predicted molar refractivity (Wildman–Crippen MR) is 152 cm³/mol. The molecule has 3 aromatic rings. The number of halogens is 1. The van der Waals surface area contributed by atoms with Crippen LogP contribution in [0.25, 0.3) is 0 Å². The summed E-state index contributed by atoms with van der Waals surface area (Å²) in [6.45, 7) is 0.211. The molecule has 4 rings (SSSR count). The van der Waals surface area contributed by atoms with E-state index in [0.29, 0.717) is 4.88 Å². The summed E-state index contributed by atoms with van der Waals surface area (Å²) < 4.78 is 48.4. The van der Waals surface area contributed by atoms with E-state index in [2.05, 4.69) is 10.6 Å². The maximum Gasteiger partial charge on any atom is 0.338 e. The van der Waals surface area contributed by atoms with Crippen molar-refractivity contribution in [2.45, 2.75) is 4.90 Å². The Morgan fingerprint density at radius 1 is 1.05 bits per heavy atom. The van der Waals surface area contributed by atoms with Crippen LogP contribution < -0.4 is 20.1 Å². The molecule has 1 saturated heterocycles. The zero-order valence-electron chi connectivity index (χ0n) is 22.0. The third-order valence-corrected chi connectivity index (χ3v) is 9.09. The number of amides is 2. The van der Waals surface area contributed by atoms with E-state index in [1.165, 1.54) is 60.2 Å². The Morgan fingerprint density at radius 3 is 2.46 bits per heavy atom. The van der Waals surface area contributed by atoms with Crippen LogP contribution in [-0.2, 0) is 24.3 Å². The lowest BCUT2D eigenvalue weighted by molar-refractivity contribution is -0.119. The van der Waals surface area contributed by atoms with Crippen molar-refractivity contribution >= 4 is 62.1 Å². The second kappa shape index (κ2) is 13.3. The lowest BCUT2D eigenvalue weighted by Crippen LogP contribution is -2.40. The van der Waals surface area contributed by atoms with E-state index in [-0.39, 0.29) is 64.7 Å². The second-order valence-corrected chi connectivity index (χ2v) is 11.7. The Labute approximate surface area is 245 Å². The second-order valence-electron chi connectivity index (χ2n) is 8.48. The minimum atomic E-state index is -3.92. The first kappa shape index (κ1) is 30.3. The predicted octanol–water partition coefficient (Wildman–Crippen LogP) is 3.49. The average molecular weight is 624 g/mol. The maximum absolute atomic E-state index is 13.0. The molecule has 2 amide bonds. The number of thiophene rings is 1. The molecule has 2 heterocycles. The summed E-state index contributed by atoms with van der Waals surface area (Å²) in [6.07, 6.45) is 0. The number of anilines is 2. The molecule has 0 spiro atoms. The van der Waals surface area contributed by atoms with Crippen LogP contribution in [0.15, 0.2) is 52.7 Å². The van der Waals surface area contributed by atoms with E-state index in [0.717, 1.165) is 0 Å². The van der Waals surface area contributed by atoms with Crippen molar-refractivity contribution in [3.05, 3.63) is 63.3 Å². The Hall–Kier alpha value is -3.69. The summed E-state index contributed by atoms with van der Waals surface area (Å²) in [5.41, 5.74) is 0.297. The first-order valence-corrected chi connectivity index (χ1v) is 14.8. The van der Waals surface area contributed by atoms with E-state index in [9.17, 15) is 22.8 Å². The summed E-state index contributed by atoms with van der Waals surface area (Å²) in [5.74, 6) is -1.66. The van der Waals surface area contributed by atoms with Gasteiger partial charge < -0.3 is 29.6 Å². The van der Waals surface area contributed by atoms with Crippen molar-refractivity contribution in [1.29, 1.82) is 0 Å². The number of hydrogen-bond donors (Lipinski definition) is 2. The number of esters is 1. The number of nitrogens with one attached hydrogen (secondary N) is 2. The lowest BCUT2D eigenvalue weighted by atomic mass is 10.1. The summed E-state index contributed by atoms with van der Waals surface area (Å²) in [4.78, 5) is 38.2. The molecule has 0 radical (unpaired) electrons. The normalized spacial score (nSPS) is 13.7. The van der Waals surface area contributed by atoms with Gasteiger partial charge in [0.15, 0.2) is 18.1 Å². The van der Waals surface area contributed by atoms with Crippen molar-refractivity contribution < 1.29 is 41.7 Å². The number of nitrogens with zero attached hydrogens (tertiary/aromatic N) is 1. The summed E-state index contributed by atoms with van der Waals surface area (Å²) >= 11 is 7.40. The molecule has 0 unspecified atom stereocenters. The van der Waals surface area contributed by atoms with Gasteiger partial charge >= 0.3 is 5.97 Å². The van der Waals surface area contributed by atoms with Gasteiger partial charge in [0.1, 0.15) is 4.90 Å². The number of hydrogen-bond acceptors (Lipinski definition) is 10. The molecular weight excluding hydrogens is 598 g/mol. The van der Waals surface area contributed by atoms with Crippen molar-refractivity contribution in [2.24, 2.45) is 0 Å². The molecule has 12 nitrogen and oxygen atoms in total. The highest BCUT2D eigenvalue weighted by atomic mass is 35.5. The van der Waals surface area contributed by atoms with Gasteiger partial charge in [0, 0.05) is 18.8 Å². The Balaban J connectivity index is 1.44. The number of morpholine rings is 1. The number of benzene rings is 2. The molecule has 1 aliphatic heterocycles. The smallest absolute Gasteiger partial charge is 0.338 e. The van der Waals surface area contributed by atoms with E-state index in [1.54, 1.807) is 17.5 Å². The minimum absolute atomic E-state index is 0.00338. The molecule has 0 bridgehead atoms. The highest BCUT2D eigenvalue weighted by Crippen LogP contribution is 2.37. The van der Waals surface area contributed by atoms with Crippen LogP contribution in [0.1, 0.15) is 20.0 Å². The monoisotopic (exact) mass is 623 g/mol. The van der Waals surface area contributed by atoms with Crippen LogP contribution in [0.5, 0.6) is 11.5 Å². The fourth-order valence-corrected chi connectivity index (χ4v) is 6.41. The van der Waals surface area contributed by atoms with Gasteiger partial charge in [-0.1, -0.05) is 17.7 Å². The van der Waals surface area contributed by atoms with Crippen LogP contribution in [0, 0.1) is 0 Å². The molecule has 0 saturated carbocycles. The number of ether oxygens (including phenoxy) is 4. The molecule has 1 aromatic heterocycles. The topological polar surface area (TPSA) is 150 Å². The zero-order chi connectivity index (χ0) is 29.6. The SMILES string of the molecule is COc1cc(C(=O)OCC(=O)Nc2ccc(Cl)c(S(=O)(=O)N3CCOCC3)c2)cc(NC(=O)c2cccs2)c1OC. The van der Waals surface area contributed by atoms with Gasteiger partial charge in [-0.15, -0.1) is 11.3 Å². The fraction of sp³-hybridized carbons (Fsp3) is 0.269. The van der Waals surface area contributed by atoms with Crippen LogP contribution in [-0.4, -0.2) is 77.6 Å². The quantitative estimate of drug-likeness (QED) is 0.324. The highest BCUT2D eigenvalue weighted by Gasteiger charge is 2.29. The molecular formula is C26H26ClN3O9S2. The summed E-state index contributed by atoms with van der Waals surface area (Å²) in [7, 11) is -1.17. The number of sulfonamides is 1. The Morgan fingerprint density at radius 2 is 1.80 bits per heavy atom. The number of rotatable bonds is 10. The fourth-order valence-electron chi connectivity index (χ4n) is 3.88. The molecule has 218 valence electrons.